The number of aliphatic imine (C=N–C) groups is 1. The van der Waals surface area contributed by atoms with Gasteiger partial charge in [-0.15, -0.1) is 24.0 Å². The number of rotatable bonds is 7. The number of methoxy groups -OCH3 is 1. The van der Waals surface area contributed by atoms with Crippen LogP contribution in [0.25, 0.3) is 0 Å². The Bertz CT molecular complexity index is 643. The molecular formula is C21H34ClIN4O2. The molecule has 2 saturated heterocycles. The van der Waals surface area contributed by atoms with Crippen LogP contribution in [0.5, 0.6) is 0 Å². The highest BCUT2D eigenvalue weighted by Crippen LogP contribution is 2.25. The van der Waals surface area contributed by atoms with Gasteiger partial charge in [-0.2, -0.15) is 0 Å². The number of guanidine groups is 1. The van der Waals surface area contributed by atoms with Gasteiger partial charge in [-0.05, 0) is 31.0 Å². The first-order valence-electron chi connectivity index (χ1n) is 10.3. The minimum atomic E-state index is 0. The van der Waals surface area contributed by atoms with Gasteiger partial charge >= 0.3 is 0 Å². The monoisotopic (exact) mass is 536 g/mol. The smallest absolute Gasteiger partial charge is 0.193 e. The highest BCUT2D eigenvalue weighted by Gasteiger charge is 2.26. The summed E-state index contributed by atoms with van der Waals surface area (Å²) >= 11 is 6.28. The van der Waals surface area contributed by atoms with Gasteiger partial charge < -0.3 is 19.7 Å². The molecule has 2 fully saturated rings. The summed E-state index contributed by atoms with van der Waals surface area (Å²) in [5, 5.41) is 4.25. The van der Waals surface area contributed by atoms with Crippen molar-refractivity contribution < 1.29 is 9.47 Å². The zero-order chi connectivity index (χ0) is 19.8. The molecule has 1 N–H and O–H groups in total. The maximum atomic E-state index is 6.28. The standard InChI is InChI=1S/C21H33ClN4O2.HI/c1-3-23-21(26-8-7-17(15-26)16-27-2)24-14-20(25-9-11-28-12-10-25)18-5-4-6-19(22)13-18;/h4-6,13,17,20H,3,7-12,14-16H2,1-2H3,(H,23,24);1H. The molecule has 0 amide bonds. The second-order valence-electron chi connectivity index (χ2n) is 7.47. The van der Waals surface area contributed by atoms with E-state index in [1.54, 1.807) is 7.11 Å². The van der Waals surface area contributed by atoms with Crippen molar-refractivity contribution in [1.29, 1.82) is 0 Å². The number of hydrogen-bond donors (Lipinski definition) is 1. The van der Waals surface area contributed by atoms with Crippen LogP contribution in [-0.4, -0.2) is 82.0 Å². The molecular weight excluding hydrogens is 503 g/mol. The maximum absolute atomic E-state index is 6.28. The summed E-state index contributed by atoms with van der Waals surface area (Å²) in [6, 6.07) is 8.37. The van der Waals surface area contributed by atoms with Crippen molar-refractivity contribution >= 4 is 41.5 Å². The van der Waals surface area contributed by atoms with Crippen LogP contribution in [0.4, 0.5) is 0 Å². The van der Waals surface area contributed by atoms with E-state index in [0.717, 1.165) is 69.9 Å². The number of nitrogens with one attached hydrogen (secondary N) is 1. The van der Waals surface area contributed by atoms with Crippen molar-refractivity contribution in [3.63, 3.8) is 0 Å². The van der Waals surface area contributed by atoms with Gasteiger partial charge in [0.1, 0.15) is 0 Å². The topological polar surface area (TPSA) is 49.3 Å². The number of ether oxygens (including phenoxy) is 2. The summed E-state index contributed by atoms with van der Waals surface area (Å²) in [4.78, 5) is 9.86. The van der Waals surface area contributed by atoms with Gasteiger partial charge in [0, 0.05) is 50.8 Å². The molecule has 1 aromatic rings. The number of hydrogen-bond acceptors (Lipinski definition) is 4. The molecule has 0 saturated carbocycles. The van der Waals surface area contributed by atoms with Crippen LogP contribution in [0.15, 0.2) is 29.3 Å². The Kier molecular flexibility index (Phi) is 11.0. The molecule has 0 aliphatic carbocycles. The largest absolute Gasteiger partial charge is 0.384 e. The fourth-order valence-electron chi connectivity index (χ4n) is 4.03. The molecule has 2 atom stereocenters. The molecule has 8 heteroatoms. The third-order valence-corrected chi connectivity index (χ3v) is 5.69. The molecule has 2 aliphatic heterocycles. The molecule has 2 aliphatic rings. The Hall–Kier alpha value is -0.610. The Balaban J connectivity index is 0.00000300. The van der Waals surface area contributed by atoms with E-state index in [1.165, 1.54) is 5.56 Å². The van der Waals surface area contributed by atoms with E-state index in [4.69, 9.17) is 26.1 Å². The highest BCUT2D eigenvalue weighted by atomic mass is 127. The predicted molar refractivity (Wildman–Crippen MR) is 130 cm³/mol. The predicted octanol–water partition coefficient (Wildman–Crippen LogP) is 3.27. The second kappa shape index (κ2) is 12.9. The van der Waals surface area contributed by atoms with Gasteiger partial charge in [0.05, 0.1) is 32.4 Å². The average molecular weight is 537 g/mol. The SMILES string of the molecule is CCNC(=NCC(c1cccc(Cl)c1)N1CCOCC1)N1CCC(COC)C1.I. The van der Waals surface area contributed by atoms with E-state index < -0.39 is 0 Å². The third kappa shape index (κ3) is 7.24. The lowest BCUT2D eigenvalue weighted by molar-refractivity contribution is 0.0179. The van der Waals surface area contributed by atoms with Gasteiger partial charge in [0.2, 0.25) is 0 Å². The van der Waals surface area contributed by atoms with Crippen LogP contribution >= 0.6 is 35.6 Å². The van der Waals surface area contributed by atoms with Gasteiger partial charge in [-0.3, -0.25) is 9.89 Å². The zero-order valence-corrected chi connectivity index (χ0v) is 20.6. The van der Waals surface area contributed by atoms with Crippen LogP contribution in [0.1, 0.15) is 24.9 Å². The fraction of sp³-hybridized carbons (Fsp3) is 0.667. The fourth-order valence-corrected chi connectivity index (χ4v) is 4.23. The Morgan fingerprint density at radius 1 is 1.34 bits per heavy atom. The van der Waals surface area contributed by atoms with Crippen LogP contribution < -0.4 is 5.32 Å². The molecule has 164 valence electrons. The average Bonchev–Trinajstić information content (AvgIpc) is 3.17. The van der Waals surface area contributed by atoms with Crippen LogP contribution in [0, 0.1) is 5.92 Å². The van der Waals surface area contributed by atoms with Gasteiger partial charge in [0.15, 0.2) is 5.96 Å². The summed E-state index contributed by atoms with van der Waals surface area (Å²) < 4.78 is 10.9. The molecule has 0 spiro atoms. The summed E-state index contributed by atoms with van der Waals surface area (Å²) in [5.74, 6) is 1.58. The number of morpholine rings is 1. The van der Waals surface area contributed by atoms with Crippen molar-refractivity contribution in [3.8, 4) is 0 Å². The molecule has 6 nitrogen and oxygen atoms in total. The Morgan fingerprint density at radius 3 is 2.83 bits per heavy atom. The highest BCUT2D eigenvalue weighted by molar-refractivity contribution is 14.0. The van der Waals surface area contributed by atoms with Gasteiger partial charge in [-0.25, -0.2) is 0 Å². The summed E-state index contributed by atoms with van der Waals surface area (Å²) in [6.45, 7) is 9.91. The van der Waals surface area contributed by atoms with E-state index in [2.05, 4.69) is 34.2 Å². The number of benzene rings is 1. The lowest BCUT2D eigenvalue weighted by Gasteiger charge is -2.34. The van der Waals surface area contributed by atoms with E-state index >= 15 is 0 Å². The van der Waals surface area contributed by atoms with Crippen molar-refractivity contribution in [2.24, 2.45) is 10.9 Å². The Labute approximate surface area is 197 Å². The molecule has 2 heterocycles. The summed E-state index contributed by atoms with van der Waals surface area (Å²) in [7, 11) is 1.78. The minimum absolute atomic E-state index is 0. The van der Waals surface area contributed by atoms with E-state index in [-0.39, 0.29) is 30.0 Å². The maximum Gasteiger partial charge on any atom is 0.193 e. The van der Waals surface area contributed by atoms with Gasteiger partial charge in [0.25, 0.3) is 0 Å². The van der Waals surface area contributed by atoms with E-state index in [1.807, 2.05) is 12.1 Å². The lowest BCUT2D eigenvalue weighted by Crippen LogP contribution is -2.43. The van der Waals surface area contributed by atoms with Crippen molar-refractivity contribution in [2.45, 2.75) is 19.4 Å². The zero-order valence-electron chi connectivity index (χ0n) is 17.5. The molecule has 0 bridgehead atoms. The van der Waals surface area contributed by atoms with E-state index in [0.29, 0.717) is 12.5 Å². The third-order valence-electron chi connectivity index (χ3n) is 5.46. The molecule has 3 rings (SSSR count). The first-order chi connectivity index (χ1) is 13.7. The van der Waals surface area contributed by atoms with Crippen molar-refractivity contribution in [2.75, 3.05) is 66.2 Å². The van der Waals surface area contributed by atoms with E-state index in [9.17, 15) is 0 Å². The normalized spacial score (nSPS) is 21.7. The molecule has 0 aromatic heterocycles. The quantitative estimate of drug-likeness (QED) is 0.329. The van der Waals surface area contributed by atoms with Crippen LogP contribution in [0.3, 0.4) is 0 Å². The number of nitrogens with zero attached hydrogens (tertiary/aromatic N) is 3. The lowest BCUT2D eigenvalue weighted by atomic mass is 10.0. The van der Waals surface area contributed by atoms with Crippen LogP contribution in [-0.2, 0) is 9.47 Å². The molecule has 2 unspecified atom stereocenters. The first kappa shape index (κ1) is 24.7. The molecule has 29 heavy (non-hydrogen) atoms. The van der Waals surface area contributed by atoms with Gasteiger partial charge in [-0.1, -0.05) is 23.7 Å². The number of likely N-dealkylation sites (tertiary alicyclic amines) is 1. The molecule has 0 radical (unpaired) electrons. The van der Waals surface area contributed by atoms with Crippen molar-refractivity contribution in [1.82, 2.24) is 15.1 Å². The summed E-state index contributed by atoms with van der Waals surface area (Å²) in [6.07, 6.45) is 1.15. The Morgan fingerprint density at radius 2 is 2.14 bits per heavy atom. The second-order valence-corrected chi connectivity index (χ2v) is 7.91. The number of halogens is 2. The van der Waals surface area contributed by atoms with Crippen LogP contribution in [0.2, 0.25) is 5.02 Å². The minimum Gasteiger partial charge on any atom is -0.384 e. The summed E-state index contributed by atoms with van der Waals surface area (Å²) in [5.41, 5.74) is 1.22. The molecule has 1 aromatic carbocycles. The first-order valence-corrected chi connectivity index (χ1v) is 10.7. The van der Waals surface area contributed by atoms with Crippen molar-refractivity contribution in [3.05, 3.63) is 34.9 Å².